The second kappa shape index (κ2) is 8.24. The monoisotopic (exact) mass is 392 g/mol. The van der Waals surface area contributed by atoms with Crippen LogP contribution >= 0.6 is 11.3 Å². The van der Waals surface area contributed by atoms with E-state index in [9.17, 15) is 9.59 Å². The summed E-state index contributed by atoms with van der Waals surface area (Å²) in [6.07, 6.45) is 5.26. The molecule has 1 saturated carbocycles. The molecule has 1 aromatic heterocycles. The van der Waals surface area contributed by atoms with Crippen molar-refractivity contribution in [1.29, 1.82) is 0 Å². The zero-order chi connectivity index (χ0) is 18.8. The fourth-order valence-corrected chi connectivity index (χ4v) is 4.95. The van der Waals surface area contributed by atoms with E-state index >= 15 is 0 Å². The summed E-state index contributed by atoms with van der Waals surface area (Å²) in [6.45, 7) is 5.87. The highest BCUT2D eigenvalue weighted by Gasteiger charge is 2.35. The summed E-state index contributed by atoms with van der Waals surface area (Å²) >= 11 is 1.54. The Morgan fingerprint density at radius 2 is 2.00 bits per heavy atom. The van der Waals surface area contributed by atoms with Gasteiger partial charge < -0.3 is 9.64 Å². The van der Waals surface area contributed by atoms with Gasteiger partial charge in [-0.25, -0.2) is 4.98 Å². The number of anilines is 1. The van der Waals surface area contributed by atoms with E-state index in [2.05, 4.69) is 4.90 Å². The lowest BCUT2D eigenvalue weighted by Gasteiger charge is -2.38. The van der Waals surface area contributed by atoms with Crippen LogP contribution in [0.15, 0.2) is 5.38 Å². The van der Waals surface area contributed by atoms with Crippen molar-refractivity contribution in [3.8, 4) is 0 Å². The van der Waals surface area contributed by atoms with E-state index in [4.69, 9.17) is 9.72 Å². The highest BCUT2D eigenvalue weighted by Crippen LogP contribution is 2.34. The van der Waals surface area contributed by atoms with E-state index in [-0.39, 0.29) is 17.9 Å². The van der Waals surface area contributed by atoms with Gasteiger partial charge in [-0.05, 0) is 32.2 Å². The van der Waals surface area contributed by atoms with Crippen LogP contribution in [-0.4, -0.2) is 71.5 Å². The number of ether oxygens (including phenoxy) is 1. The molecule has 0 radical (unpaired) electrons. The molecule has 0 spiro atoms. The summed E-state index contributed by atoms with van der Waals surface area (Å²) in [5, 5.41) is 2.84. The lowest BCUT2D eigenvalue weighted by atomic mass is 10.0. The van der Waals surface area contributed by atoms with E-state index < -0.39 is 0 Å². The van der Waals surface area contributed by atoms with Crippen molar-refractivity contribution in [2.75, 3.05) is 37.7 Å². The van der Waals surface area contributed by atoms with Crippen molar-refractivity contribution in [2.24, 2.45) is 0 Å². The maximum atomic E-state index is 13.0. The molecule has 8 heteroatoms. The Balaban J connectivity index is 1.43. The van der Waals surface area contributed by atoms with Crippen LogP contribution < -0.4 is 4.90 Å². The number of rotatable bonds is 5. The van der Waals surface area contributed by atoms with Crippen LogP contribution in [0.4, 0.5) is 5.13 Å². The van der Waals surface area contributed by atoms with Crippen molar-refractivity contribution in [3.63, 3.8) is 0 Å². The molecule has 1 unspecified atom stereocenters. The molecule has 1 aromatic rings. The second-order valence-corrected chi connectivity index (χ2v) is 8.50. The molecule has 0 N–H and O–H groups in total. The van der Waals surface area contributed by atoms with Gasteiger partial charge in [-0.3, -0.25) is 19.4 Å². The number of piperidine rings is 1. The summed E-state index contributed by atoms with van der Waals surface area (Å²) < 4.78 is 5.38. The summed E-state index contributed by atoms with van der Waals surface area (Å²) in [4.78, 5) is 35.8. The van der Waals surface area contributed by atoms with Crippen LogP contribution in [0.5, 0.6) is 0 Å². The fraction of sp³-hybridized carbons (Fsp3) is 0.737. The molecule has 2 aliphatic heterocycles. The predicted molar refractivity (Wildman–Crippen MR) is 104 cm³/mol. The Kier molecular flexibility index (Phi) is 5.75. The maximum Gasteiger partial charge on any atom is 0.240 e. The third-order valence-electron chi connectivity index (χ3n) is 5.58. The molecule has 7 nitrogen and oxygen atoms in total. The van der Waals surface area contributed by atoms with Gasteiger partial charge in [-0.15, -0.1) is 11.3 Å². The van der Waals surface area contributed by atoms with Crippen molar-refractivity contribution in [2.45, 2.75) is 57.7 Å². The van der Waals surface area contributed by atoms with Crippen LogP contribution in [0.25, 0.3) is 0 Å². The molecule has 3 heterocycles. The summed E-state index contributed by atoms with van der Waals surface area (Å²) in [5.41, 5.74) is 0.962. The van der Waals surface area contributed by atoms with E-state index in [1.165, 1.54) is 11.3 Å². The van der Waals surface area contributed by atoms with Crippen LogP contribution in [-0.2, 0) is 20.9 Å². The average molecular weight is 393 g/mol. The van der Waals surface area contributed by atoms with Crippen molar-refractivity contribution in [3.05, 3.63) is 11.1 Å². The highest BCUT2D eigenvalue weighted by molar-refractivity contribution is 7.14. The molecule has 1 atom stereocenters. The number of amides is 2. The van der Waals surface area contributed by atoms with Gasteiger partial charge in [-0.2, -0.15) is 0 Å². The maximum absolute atomic E-state index is 13.0. The van der Waals surface area contributed by atoms with E-state index in [1.54, 1.807) is 6.92 Å². The highest BCUT2D eigenvalue weighted by atomic mass is 32.1. The SMILES string of the molecule is CC(=O)N(c1nc(CN2CCCCC2C(=O)N2CCOCC2)cs1)C1CC1. The fourth-order valence-electron chi connectivity index (χ4n) is 4.02. The Bertz CT molecular complexity index is 684. The number of hydrogen-bond donors (Lipinski definition) is 0. The molecule has 2 amide bonds. The molecule has 4 rings (SSSR count). The Hall–Kier alpha value is -1.51. The van der Waals surface area contributed by atoms with Gasteiger partial charge in [0.15, 0.2) is 5.13 Å². The van der Waals surface area contributed by atoms with Crippen molar-refractivity contribution >= 4 is 28.3 Å². The summed E-state index contributed by atoms with van der Waals surface area (Å²) in [7, 11) is 0. The lowest BCUT2D eigenvalue weighted by Crippen LogP contribution is -2.53. The van der Waals surface area contributed by atoms with Crippen molar-refractivity contribution < 1.29 is 14.3 Å². The number of hydrogen-bond acceptors (Lipinski definition) is 6. The van der Waals surface area contributed by atoms with Gasteiger partial charge in [0.1, 0.15) is 0 Å². The molecule has 0 bridgehead atoms. The van der Waals surface area contributed by atoms with Crippen LogP contribution in [0.2, 0.25) is 0 Å². The first-order valence-electron chi connectivity index (χ1n) is 9.98. The molecular weight excluding hydrogens is 364 g/mol. The zero-order valence-electron chi connectivity index (χ0n) is 15.9. The molecule has 0 aromatic carbocycles. The molecule has 27 heavy (non-hydrogen) atoms. The first kappa shape index (κ1) is 18.8. The van der Waals surface area contributed by atoms with Gasteiger partial charge in [0.25, 0.3) is 0 Å². The first-order chi connectivity index (χ1) is 13.1. The number of nitrogens with zero attached hydrogens (tertiary/aromatic N) is 4. The van der Waals surface area contributed by atoms with E-state index in [1.807, 2.05) is 15.2 Å². The Morgan fingerprint density at radius 3 is 2.70 bits per heavy atom. The largest absolute Gasteiger partial charge is 0.378 e. The minimum absolute atomic E-state index is 0.0608. The van der Waals surface area contributed by atoms with Gasteiger partial charge >= 0.3 is 0 Å². The number of carbonyl (C=O) groups excluding carboxylic acids is 2. The van der Waals surface area contributed by atoms with E-state index in [0.717, 1.165) is 49.5 Å². The number of thiazole rings is 1. The van der Waals surface area contributed by atoms with Gasteiger partial charge in [0.05, 0.1) is 24.9 Å². The molecule has 3 aliphatic rings. The minimum atomic E-state index is -0.0608. The molecule has 1 aliphatic carbocycles. The number of morpholine rings is 1. The number of likely N-dealkylation sites (tertiary alicyclic amines) is 1. The standard InChI is InChI=1S/C19H28N4O3S/c1-14(24)23(16-5-6-16)19-20-15(13-27-19)12-22-7-3-2-4-17(22)18(25)21-8-10-26-11-9-21/h13,16-17H,2-12H2,1H3. The normalized spacial score (nSPS) is 24.0. The third-order valence-corrected chi connectivity index (χ3v) is 6.47. The smallest absolute Gasteiger partial charge is 0.240 e. The quantitative estimate of drug-likeness (QED) is 0.765. The van der Waals surface area contributed by atoms with Gasteiger partial charge in [0, 0.05) is 38.0 Å². The van der Waals surface area contributed by atoms with Gasteiger partial charge in [0.2, 0.25) is 11.8 Å². The third kappa shape index (κ3) is 4.33. The minimum Gasteiger partial charge on any atom is -0.378 e. The van der Waals surface area contributed by atoms with E-state index in [0.29, 0.717) is 38.9 Å². The predicted octanol–water partition coefficient (Wildman–Crippen LogP) is 1.87. The molecular formula is C19H28N4O3S. The molecule has 3 fully saturated rings. The Labute approximate surface area is 164 Å². The lowest BCUT2D eigenvalue weighted by molar-refractivity contribution is -0.142. The van der Waals surface area contributed by atoms with Gasteiger partial charge in [-0.1, -0.05) is 6.42 Å². The Morgan fingerprint density at radius 1 is 1.22 bits per heavy atom. The topological polar surface area (TPSA) is 66.0 Å². The average Bonchev–Trinajstić information content (AvgIpc) is 3.41. The number of carbonyl (C=O) groups is 2. The second-order valence-electron chi connectivity index (χ2n) is 7.66. The van der Waals surface area contributed by atoms with Crippen LogP contribution in [0.1, 0.15) is 44.7 Å². The summed E-state index contributed by atoms with van der Waals surface area (Å²) in [6, 6.07) is 0.265. The summed E-state index contributed by atoms with van der Waals surface area (Å²) in [5.74, 6) is 0.300. The molecule has 2 saturated heterocycles. The number of aromatic nitrogens is 1. The first-order valence-corrected chi connectivity index (χ1v) is 10.9. The van der Waals surface area contributed by atoms with Crippen molar-refractivity contribution in [1.82, 2.24) is 14.8 Å². The molecule has 148 valence electrons. The van der Waals surface area contributed by atoms with Crippen LogP contribution in [0, 0.1) is 0 Å². The zero-order valence-corrected chi connectivity index (χ0v) is 16.7. The van der Waals surface area contributed by atoms with Crippen LogP contribution in [0.3, 0.4) is 0 Å².